The molecule has 2 atom stereocenters. The van der Waals surface area contributed by atoms with Gasteiger partial charge in [0.2, 0.25) is 0 Å². The molecule has 3 rings (SSSR count). The topological polar surface area (TPSA) is 56.3 Å². The van der Waals surface area contributed by atoms with Gasteiger partial charge in [0.25, 0.3) is 0 Å². The van der Waals surface area contributed by atoms with Gasteiger partial charge in [-0.2, -0.15) is 0 Å². The van der Waals surface area contributed by atoms with E-state index in [0.29, 0.717) is 6.42 Å². The Kier molecular flexibility index (Phi) is 4.23. The SMILES string of the molecule is CCC1CC(=O)OC1(C)C(=O)CSc1nc2ccccc2s1. The van der Waals surface area contributed by atoms with Crippen LogP contribution in [0.25, 0.3) is 10.2 Å². The van der Waals surface area contributed by atoms with Crippen molar-refractivity contribution in [2.24, 2.45) is 5.92 Å². The third-order valence-corrected chi connectivity index (χ3v) is 6.34. The maximum Gasteiger partial charge on any atom is 0.307 e. The number of para-hydroxylation sites is 1. The van der Waals surface area contributed by atoms with E-state index in [2.05, 4.69) is 4.98 Å². The molecule has 0 amide bonds. The maximum absolute atomic E-state index is 12.5. The number of carbonyl (C=O) groups excluding carboxylic acids is 2. The molecule has 2 aromatic rings. The molecule has 1 aromatic heterocycles. The monoisotopic (exact) mass is 335 g/mol. The summed E-state index contributed by atoms with van der Waals surface area (Å²) in [6.07, 6.45) is 1.10. The Morgan fingerprint density at radius 3 is 3.00 bits per heavy atom. The highest BCUT2D eigenvalue weighted by molar-refractivity contribution is 8.01. The lowest BCUT2D eigenvalue weighted by molar-refractivity contribution is -0.156. The normalized spacial score (nSPS) is 24.6. The van der Waals surface area contributed by atoms with E-state index < -0.39 is 5.60 Å². The van der Waals surface area contributed by atoms with Gasteiger partial charge in [-0.25, -0.2) is 4.98 Å². The molecule has 1 aromatic carbocycles. The summed E-state index contributed by atoms with van der Waals surface area (Å²) in [7, 11) is 0. The van der Waals surface area contributed by atoms with E-state index in [1.165, 1.54) is 11.8 Å². The molecular weight excluding hydrogens is 318 g/mol. The van der Waals surface area contributed by atoms with E-state index in [0.717, 1.165) is 21.0 Å². The van der Waals surface area contributed by atoms with E-state index in [9.17, 15) is 9.59 Å². The molecule has 22 heavy (non-hydrogen) atoms. The number of benzene rings is 1. The molecule has 0 bridgehead atoms. The largest absolute Gasteiger partial charge is 0.451 e. The predicted molar refractivity (Wildman–Crippen MR) is 88.2 cm³/mol. The predicted octanol–water partition coefficient (Wildman–Crippen LogP) is 3.69. The van der Waals surface area contributed by atoms with Gasteiger partial charge in [0.15, 0.2) is 15.7 Å². The second-order valence-corrected chi connectivity index (χ2v) is 7.80. The first-order chi connectivity index (χ1) is 10.5. The number of carbonyl (C=O) groups is 2. The van der Waals surface area contributed by atoms with Gasteiger partial charge in [-0.05, 0) is 25.5 Å². The number of fused-ring (bicyclic) bond motifs is 1. The van der Waals surface area contributed by atoms with Crippen molar-refractivity contribution in [2.75, 3.05) is 5.75 Å². The van der Waals surface area contributed by atoms with E-state index >= 15 is 0 Å². The number of ether oxygens (including phenoxy) is 1. The Bertz CT molecular complexity index is 694. The van der Waals surface area contributed by atoms with Crippen LogP contribution in [-0.4, -0.2) is 28.1 Å². The summed E-state index contributed by atoms with van der Waals surface area (Å²) in [6.45, 7) is 3.73. The van der Waals surface area contributed by atoms with Crippen molar-refractivity contribution < 1.29 is 14.3 Å². The Labute approximate surface area is 137 Å². The minimum Gasteiger partial charge on any atom is -0.451 e. The number of thioether (sulfide) groups is 1. The highest BCUT2D eigenvalue weighted by atomic mass is 32.2. The molecule has 0 aliphatic carbocycles. The molecule has 0 N–H and O–H groups in total. The fourth-order valence-corrected chi connectivity index (χ4v) is 4.84. The third-order valence-electron chi connectivity index (χ3n) is 4.17. The number of Topliss-reactive ketones (excluding diaryl/α,β-unsaturated/α-hetero) is 1. The number of hydrogen-bond acceptors (Lipinski definition) is 6. The number of esters is 1. The lowest BCUT2D eigenvalue weighted by atomic mass is 9.84. The van der Waals surface area contributed by atoms with Crippen molar-refractivity contribution >= 4 is 45.1 Å². The Hall–Kier alpha value is -1.40. The first-order valence-corrected chi connectivity index (χ1v) is 9.06. The molecule has 0 saturated carbocycles. The van der Waals surface area contributed by atoms with Crippen molar-refractivity contribution in [3.63, 3.8) is 0 Å². The quantitative estimate of drug-likeness (QED) is 0.616. The van der Waals surface area contributed by atoms with Crippen LogP contribution in [0.3, 0.4) is 0 Å². The lowest BCUT2D eigenvalue weighted by Crippen LogP contribution is -2.42. The fourth-order valence-electron chi connectivity index (χ4n) is 2.76. The molecule has 2 heterocycles. The summed E-state index contributed by atoms with van der Waals surface area (Å²) in [6, 6.07) is 7.91. The summed E-state index contributed by atoms with van der Waals surface area (Å²) < 4.78 is 7.33. The summed E-state index contributed by atoms with van der Waals surface area (Å²) in [5.74, 6) is -0.0503. The number of thiazole rings is 1. The molecule has 1 aliphatic heterocycles. The fraction of sp³-hybridized carbons (Fsp3) is 0.438. The average Bonchev–Trinajstić information content (AvgIpc) is 3.05. The molecule has 1 saturated heterocycles. The average molecular weight is 335 g/mol. The van der Waals surface area contributed by atoms with Crippen LogP contribution >= 0.6 is 23.1 Å². The van der Waals surface area contributed by atoms with Crippen molar-refractivity contribution in [3.8, 4) is 0 Å². The first kappa shape index (κ1) is 15.5. The lowest BCUT2D eigenvalue weighted by Gasteiger charge is -2.26. The number of aromatic nitrogens is 1. The standard InChI is InChI=1S/C16H17NO3S2/c1-3-10-8-14(19)20-16(10,2)13(18)9-21-15-17-11-6-4-5-7-12(11)22-15/h4-7,10H,3,8-9H2,1-2H3. The summed E-state index contributed by atoms with van der Waals surface area (Å²) in [5.41, 5.74) is -0.0254. The number of cyclic esters (lactones) is 1. The van der Waals surface area contributed by atoms with Gasteiger partial charge in [-0.15, -0.1) is 11.3 Å². The molecule has 6 heteroatoms. The summed E-state index contributed by atoms with van der Waals surface area (Å²) in [5, 5.41) is 0. The van der Waals surface area contributed by atoms with Crippen molar-refractivity contribution in [1.82, 2.24) is 4.98 Å². The van der Waals surface area contributed by atoms with E-state index in [1.807, 2.05) is 31.2 Å². The maximum atomic E-state index is 12.5. The van der Waals surface area contributed by atoms with Crippen LogP contribution in [0, 0.1) is 5.92 Å². The highest BCUT2D eigenvalue weighted by Gasteiger charge is 2.49. The van der Waals surface area contributed by atoms with Gasteiger partial charge in [0.1, 0.15) is 0 Å². The highest BCUT2D eigenvalue weighted by Crippen LogP contribution is 2.38. The molecule has 1 aliphatic rings. The second kappa shape index (κ2) is 6.01. The number of nitrogens with zero attached hydrogens (tertiary/aromatic N) is 1. The van der Waals surface area contributed by atoms with E-state index in [-0.39, 0.29) is 23.4 Å². The Balaban J connectivity index is 1.70. The van der Waals surface area contributed by atoms with E-state index in [4.69, 9.17) is 4.74 Å². The zero-order valence-corrected chi connectivity index (χ0v) is 14.1. The minimum absolute atomic E-state index is 0.0246. The van der Waals surface area contributed by atoms with Gasteiger partial charge in [-0.1, -0.05) is 30.8 Å². The zero-order chi connectivity index (χ0) is 15.7. The summed E-state index contributed by atoms with van der Waals surface area (Å²) in [4.78, 5) is 28.6. The molecule has 1 fully saturated rings. The smallest absolute Gasteiger partial charge is 0.307 e. The van der Waals surface area contributed by atoms with Crippen molar-refractivity contribution in [3.05, 3.63) is 24.3 Å². The third kappa shape index (κ3) is 2.77. The van der Waals surface area contributed by atoms with Crippen molar-refractivity contribution in [2.45, 2.75) is 36.6 Å². The molecule has 0 radical (unpaired) electrons. The van der Waals surface area contributed by atoms with Gasteiger partial charge in [0, 0.05) is 5.92 Å². The van der Waals surface area contributed by atoms with Crippen molar-refractivity contribution in [1.29, 1.82) is 0 Å². The molecule has 116 valence electrons. The Morgan fingerprint density at radius 1 is 1.50 bits per heavy atom. The molecule has 0 spiro atoms. The minimum atomic E-state index is -0.977. The van der Waals surface area contributed by atoms with Crippen LogP contribution in [0.1, 0.15) is 26.7 Å². The van der Waals surface area contributed by atoms with Crippen LogP contribution in [0.4, 0.5) is 0 Å². The molecule has 4 nitrogen and oxygen atoms in total. The van der Waals surface area contributed by atoms with Gasteiger partial charge in [0.05, 0.1) is 22.4 Å². The van der Waals surface area contributed by atoms with E-state index in [1.54, 1.807) is 18.3 Å². The van der Waals surface area contributed by atoms with Gasteiger partial charge in [-0.3, -0.25) is 9.59 Å². The molecule has 2 unspecified atom stereocenters. The van der Waals surface area contributed by atoms with Crippen LogP contribution < -0.4 is 0 Å². The zero-order valence-electron chi connectivity index (χ0n) is 12.5. The van der Waals surface area contributed by atoms with Crippen LogP contribution in [0.2, 0.25) is 0 Å². The molecular formula is C16H17NO3S2. The first-order valence-electron chi connectivity index (χ1n) is 7.26. The van der Waals surface area contributed by atoms with Gasteiger partial charge < -0.3 is 4.74 Å². The van der Waals surface area contributed by atoms with Crippen LogP contribution in [-0.2, 0) is 14.3 Å². The number of ketones is 1. The van der Waals surface area contributed by atoms with Crippen LogP contribution in [0.5, 0.6) is 0 Å². The number of rotatable bonds is 5. The second-order valence-electron chi connectivity index (χ2n) is 5.55. The number of hydrogen-bond donors (Lipinski definition) is 0. The van der Waals surface area contributed by atoms with Crippen LogP contribution in [0.15, 0.2) is 28.6 Å². The summed E-state index contributed by atoms with van der Waals surface area (Å²) >= 11 is 3.00. The Morgan fingerprint density at radius 2 is 2.27 bits per heavy atom. The van der Waals surface area contributed by atoms with Gasteiger partial charge >= 0.3 is 5.97 Å².